The highest BCUT2D eigenvalue weighted by Crippen LogP contribution is 2.50. The second-order valence-corrected chi connectivity index (χ2v) is 10.1. The number of hydrogen-bond donors (Lipinski definition) is 2. The van der Waals surface area contributed by atoms with E-state index in [1.165, 1.54) is 11.0 Å². The molecule has 0 bridgehead atoms. The highest BCUT2D eigenvalue weighted by molar-refractivity contribution is 6.10. The lowest BCUT2D eigenvalue weighted by atomic mass is 9.84. The second-order valence-electron chi connectivity index (χ2n) is 10.1. The molecular formula is C32H26N6O3. The van der Waals surface area contributed by atoms with Gasteiger partial charge in [-0.05, 0) is 49.2 Å². The van der Waals surface area contributed by atoms with Crippen LogP contribution in [0.25, 0.3) is 22.0 Å². The minimum absolute atomic E-state index is 0.287. The van der Waals surface area contributed by atoms with Crippen LogP contribution in [-0.4, -0.2) is 37.7 Å². The first-order chi connectivity index (χ1) is 19.9. The predicted octanol–water partition coefficient (Wildman–Crippen LogP) is 6.00. The van der Waals surface area contributed by atoms with E-state index >= 15 is 0 Å². The Labute approximate surface area is 235 Å². The Hall–Kier alpha value is -5.44. The molecule has 0 saturated heterocycles. The molecular weight excluding hydrogens is 516 g/mol. The molecule has 1 aliphatic heterocycles. The normalized spacial score (nSPS) is 13.9. The number of aryl methyl sites for hydroxylation is 2. The molecule has 1 unspecified atom stereocenters. The fourth-order valence-electron chi connectivity index (χ4n) is 5.67. The van der Waals surface area contributed by atoms with Crippen LogP contribution in [0.4, 0.5) is 5.82 Å². The highest BCUT2D eigenvalue weighted by atomic mass is 16.5. The van der Waals surface area contributed by atoms with Crippen LogP contribution in [0.2, 0.25) is 0 Å². The van der Waals surface area contributed by atoms with Gasteiger partial charge in [0.2, 0.25) is 11.8 Å². The summed E-state index contributed by atoms with van der Waals surface area (Å²) in [7, 11) is 1.62. The van der Waals surface area contributed by atoms with Crippen molar-refractivity contribution in [1.29, 1.82) is 0 Å². The number of benzene rings is 3. The maximum absolute atomic E-state index is 14.4. The number of hydrogen-bond acceptors (Lipinski definition) is 7. The largest absolute Gasteiger partial charge is 0.497 e. The predicted molar refractivity (Wildman–Crippen MR) is 156 cm³/mol. The molecule has 0 amide bonds. The number of aromatic nitrogens is 5. The molecule has 9 heteroatoms. The average molecular weight is 543 g/mol. The highest BCUT2D eigenvalue weighted by Gasteiger charge is 2.39. The van der Waals surface area contributed by atoms with Gasteiger partial charge in [-0.25, -0.2) is 9.97 Å². The van der Waals surface area contributed by atoms with E-state index in [1.54, 1.807) is 7.11 Å². The molecule has 0 radical (unpaired) electrons. The van der Waals surface area contributed by atoms with Crippen molar-refractivity contribution in [3.8, 4) is 28.6 Å². The number of H-pyrrole nitrogens is 1. The van der Waals surface area contributed by atoms with Crippen LogP contribution in [-0.2, 0) is 0 Å². The molecule has 3 N–H and O–H groups in total. The zero-order chi connectivity index (χ0) is 28.2. The number of aromatic amines is 1. The molecule has 7 rings (SSSR count). The SMILES string of the molecule is COc1ccc(C2c3c(N)ncnc3Oc3c2c(C)nn3C(=O)c2[nH]c3ccc(C)cc3c2-c2ccccc2)cc1. The Kier molecular flexibility index (Phi) is 5.60. The maximum atomic E-state index is 14.4. The van der Waals surface area contributed by atoms with Crippen molar-refractivity contribution < 1.29 is 14.3 Å². The first kappa shape index (κ1) is 24.6. The third kappa shape index (κ3) is 3.85. The topological polar surface area (TPSA) is 121 Å². The number of fused-ring (bicyclic) bond motifs is 3. The molecule has 1 atom stereocenters. The van der Waals surface area contributed by atoms with Crippen molar-refractivity contribution in [2.45, 2.75) is 19.8 Å². The standard InChI is InChI=1S/C32H26N6O3/c1-17-9-14-23-22(15-17)25(19-7-5-4-6-8-19)28(36-23)31(39)38-32-24(18(2)37-38)26(20-10-12-21(40-3)13-11-20)27-29(33)34-16-35-30(27)41-32/h4-16,26,36H,1-3H3,(H2,33,34,35). The summed E-state index contributed by atoms with van der Waals surface area (Å²) in [4.78, 5) is 26.4. The molecule has 9 nitrogen and oxygen atoms in total. The van der Waals surface area contributed by atoms with Gasteiger partial charge in [0.1, 0.15) is 23.6 Å². The minimum atomic E-state index is -0.402. The van der Waals surface area contributed by atoms with Crippen molar-refractivity contribution in [2.24, 2.45) is 0 Å². The number of nitrogen functional groups attached to an aromatic ring is 1. The Bertz CT molecular complexity index is 1960. The molecule has 3 aromatic heterocycles. The molecule has 6 aromatic rings. The van der Waals surface area contributed by atoms with E-state index in [1.807, 2.05) is 80.6 Å². The van der Waals surface area contributed by atoms with Crippen LogP contribution in [0.3, 0.4) is 0 Å². The minimum Gasteiger partial charge on any atom is -0.497 e. The number of nitrogens with two attached hydrogens (primary N) is 1. The van der Waals surface area contributed by atoms with Crippen LogP contribution in [0, 0.1) is 13.8 Å². The van der Waals surface area contributed by atoms with E-state index in [0.29, 0.717) is 28.6 Å². The molecule has 0 aliphatic carbocycles. The van der Waals surface area contributed by atoms with Crippen LogP contribution in [0.5, 0.6) is 17.5 Å². The van der Waals surface area contributed by atoms with Crippen LogP contribution in [0.1, 0.15) is 44.4 Å². The quantitative estimate of drug-likeness (QED) is 0.280. The summed E-state index contributed by atoms with van der Waals surface area (Å²) in [6, 6.07) is 23.6. The van der Waals surface area contributed by atoms with Crippen molar-refractivity contribution in [3.63, 3.8) is 0 Å². The van der Waals surface area contributed by atoms with Gasteiger partial charge in [-0.2, -0.15) is 9.78 Å². The number of ether oxygens (including phenoxy) is 2. The Morgan fingerprint density at radius 2 is 1.78 bits per heavy atom. The second kappa shape index (κ2) is 9.34. The van der Waals surface area contributed by atoms with Crippen LogP contribution in [0.15, 0.2) is 79.1 Å². The zero-order valence-corrected chi connectivity index (χ0v) is 22.7. The van der Waals surface area contributed by atoms with Gasteiger partial charge >= 0.3 is 0 Å². The van der Waals surface area contributed by atoms with Gasteiger partial charge in [0.25, 0.3) is 5.91 Å². The van der Waals surface area contributed by atoms with Gasteiger partial charge < -0.3 is 20.2 Å². The first-order valence-corrected chi connectivity index (χ1v) is 13.2. The van der Waals surface area contributed by atoms with Crippen LogP contribution >= 0.6 is 0 Å². The van der Waals surface area contributed by atoms with Gasteiger partial charge in [-0.3, -0.25) is 4.79 Å². The number of carbonyl (C=O) groups excluding carboxylic acids is 1. The van der Waals surface area contributed by atoms with E-state index in [-0.39, 0.29) is 11.8 Å². The lowest BCUT2D eigenvalue weighted by Gasteiger charge is -2.26. The fraction of sp³-hybridized carbons (Fsp3) is 0.125. The number of carbonyl (C=O) groups is 1. The Balaban J connectivity index is 1.44. The van der Waals surface area contributed by atoms with E-state index < -0.39 is 5.92 Å². The third-order valence-electron chi connectivity index (χ3n) is 7.58. The molecule has 0 saturated carbocycles. The van der Waals surface area contributed by atoms with Gasteiger partial charge in [0, 0.05) is 16.5 Å². The molecule has 1 aliphatic rings. The average Bonchev–Trinajstić information content (AvgIpc) is 3.53. The fourth-order valence-corrected chi connectivity index (χ4v) is 5.67. The molecule has 0 fully saturated rings. The van der Waals surface area contributed by atoms with E-state index in [2.05, 4.69) is 21.0 Å². The van der Waals surface area contributed by atoms with Gasteiger partial charge in [0.15, 0.2) is 0 Å². The monoisotopic (exact) mass is 542 g/mol. The van der Waals surface area contributed by atoms with Crippen molar-refractivity contribution in [1.82, 2.24) is 24.7 Å². The Morgan fingerprint density at radius 3 is 2.54 bits per heavy atom. The summed E-state index contributed by atoms with van der Waals surface area (Å²) in [6.07, 6.45) is 1.35. The van der Waals surface area contributed by atoms with Gasteiger partial charge in [-0.1, -0.05) is 54.1 Å². The number of anilines is 1. The lowest BCUT2D eigenvalue weighted by molar-refractivity contribution is 0.0931. The Morgan fingerprint density at radius 1 is 1.00 bits per heavy atom. The third-order valence-corrected chi connectivity index (χ3v) is 7.58. The molecule has 202 valence electrons. The lowest BCUT2D eigenvalue weighted by Crippen LogP contribution is -2.20. The van der Waals surface area contributed by atoms with E-state index in [9.17, 15) is 4.79 Å². The summed E-state index contributed by atoms with van der Waals surface area (Å²) in [5.74, 6) is 0.867. The summed E-state index contributed by atoms with van der Waals surface area (Å²) < 4.78 is 13.0. The van der Waals surface area contributed by atoms with Crippen molar-refractivity contribution in [3.05, 3.63) is 113 Å². The zero-order valence-electron chi connectivity index (χ0n) is 22.7. The summed E-state index contributed by atoms with van der Waals surface area (Å²) >= 11 is 0. The summed E-state index contributed by atoms with van der Waals surface area (Å²) in [5.41, 5.74) is 13.4. The summed E-state index contributed by atoms with van der Waals surface area (Å²) in [6.45, 7) is 3.90. The van der Waals surface area contributed by atoms with E-state index in [0.717, 1.165) is 44.5 Å². The molecule has 0 spiro atoms. The smallest absolute Gasteiger partial charge is 0.298 e. The van der Waals surface area contributed by atoms with Crippen LogP contribution < -0.4 is 15.2 Å². The van der Waals surface area contributed by atoms with Crippen molar-refractivity contribution in [2.75, 3.05) is 12.8 Å². The number of nitrogens with zero attached hydrogens (tertiary/aromatic N) is 4. The molecule has 3 aromatic carbocycles. The number of methoxy groups -OCH3 is 1. The van der Waals surface area contributed by atoms with Crippen molar-refractivity contribution >= 4 is 22.6 Å². The molecule has 4 heterocycles. The first-order valence-electron chi connectivity index (χ1n) is 13.2. The number of nitrogens with one attached hydrogen (secondary N) is 1. The molecule has 41 heavy (non-hydrogen) atoms. The summed E-state index contributed by atoms with van der Waals surface area (Å²) in [5, 5.41) is 5.68. The van der Waals surface area contributed by atoms with E-state index in [4.69, 9.17) is 20.3 Å². The maximum Gasteiger partial charge on any atom is 0.298 e. The number of rotatable bonds is 4. The van der Waals surface area contributed by atoms with Gasteiger partial charge in [-0.15, -0.1) is 0 Å². The van der Waals surface area contributed by atoms with Gasteiger partial charge in [0.05, 0.1) is 29.8 Å².